The Balaban J connectivity index is 1.65. The summed E-state index contributed by atoms with van der Waals surface area (Å²) in [6.07, 6.45) is 6.72. The maximum atomic E-state index is 13.1. The van der Waals surface area contributed by atoms with Gasteiger partial charge in [-0.3, -0.25) is 4.79 Å². The minimum Gasteiger partial charge on any atom is -0.308 e. The van der Waals surface area contributed by atoms with E-state index in [1.165, 1.54) is 11.9 Å². The van der Waals surface area contributed by atoms with Gasteiger partial charge in [0.2, 0.25) is 0 Å². The summed E-state index contributed by atoms with van der Waals surface area (Å²) in [5.74, 6) is 1.08. The van der Waals surface area contributed by atoms with Crippen LogP contribution in [0.2, 0.25) is 0 Å². The third-order valence-corrected chi connectivity index (χ3v) is 4.67. The number of hydrogen-bond donors (Lipinski definition) is 0. The summed E-state index contributed by atoms with van der Waals surface area (Å²) in [4.78, 5) is 23.2. The minimum atomic E-state index is -0.0146. The maximum Gasteiger partial charge on any atom is 0.259 e. The number of carbonyl (C=O) groups is 1. The molecule has 0 bridgehead atoms. The fraction of sp³-hybridized carbons (Fsp3) is 0.263. The Labute approximate surface area is 146 Å². The van der Waals surface area contributed by atoms with Crippen molar-refractivity contribution < 1.29 is 4.79 Å². The third kappa shape index (κ3) is 2.91. The first-order chi connectivity index (χ1) is 12.2. The van der Waals surface area contributed by atoms with E-state index in [4.69, 9.17) is 0 Å². The highest BCUT2D eigenvalue weighted by Gasteiger charge is 2.25. The molecule has 2 aromatic heterocycles. The van der Waals surface area contributed by atoms with Gasteiger partial charge in [-0.05, 0) is 42.5 Å². The summed E-state index contributed by atoms with van der Waals surface area (Å²) in [5.41, 5.74) is 2.83. The molecule has 1 amide bonds. The molecule has 25 heavy (non-hydrogen) atoms. The summed E-state index contributed by atoms with van der Waals surface area (Å²) < 4.78 is 1.57. The summed E-state index contributed by atoms with van der Waals surface area (Å²) in [6, 6.07) is 11.8. The van der Waals surface area contributed by atoms with Gasteiger partial charge in [-0.15, -0.1) is 0 Å². The van der Waals surface area contributed by atoms with E-state index in [1.807, 2.05) is 23.1 Å². The van der Waals surface area contributed by atoms with E-state index in [2.05, 4.69) is 28.1 Å². The highest BCUT2D eigenvalue weighted by Crippen LogP contribution is 2.34. The van der Waals surface area contributed by atoms with Crippen LogP contribution in [0.25, 0.3) is 5.82 Å². The van der Waals surface area contributed by atoms with Crippen LogP contribution in [0.15, 0.2) is 55.2 Å². The largest absolute Gasteiger partial charge is 0.308 e. The standard InChI is InChI=1S/C19H19N5O/c1-14-5-4-10-23(17-7-3-2-6-16(14)17)19(25)15-8-9-18(21-11-15)24-13-20-12-22-24/h2-3,6-9,11-14H,4-5,10H2,1H3/t14-/m0/s1. The normalized spacial score (nSPS) is 17.0. The minimum absolute atomic E-state index is 0.0146. The molecular formula is C19H19N5O. The maximum absolute atomic E-state index is 13.1. The van der Waals surface area contributed by atoms with Crippen molar-refractivity contribution in [2.24, 2.45) is 0 Å². The molecule has 0 saturated heterocycles. The number of rotatable bonds is 2. The Morgan fingerprint density at radius 2 is 2.08 bits per heavy atom. The molecule has 0 saturated carbocycles. The van der Waals surface area contributed by atoms with Crippen molar-refractivity contribution >= 4 is 11.6 Å². The van der Waals surface area contributed by atoms with Gasteiger partial charge in [0.15, 0.2) is 5.82 Å². The van der Waals surface area contributed by atoms with Gasteiger partial charge in [-0.1, -0.05) is 25.1 Å². The first kappa shape index (κ1) is 15.5. The van der Waals surface area contributed by atoms with Gasteiger partial charge in [0.05, 0.1) is 5.56 Å². The molecule has 0 unspecified atom stereocenters. The molecule has 6 heteroatoms. The van der Waals surface area contributed by atoms with Crippen molar-refractivity contribution in [2.75, 3.05) is 11.4 Å². The number of nitrogens with zero attached hydrogens (tertiary/aromatic N) is 5. The number of aromatic nitrogens is 4. The molecule has 1 aromatic carbocycles. The molecule has 0 N–H and O–H groups in total. The zero-order valence-corrected chi connectivity index (χ0v) is 14.0. The molecule has 1 aliphatic rings. The monoisotopic (exact) mass is 333 g/mol. The molecular weight excluding hydrogens is 314 g/mol. The van der Waals surface area contributed by atoms with Crippen LogP contribution in [0, 0.1) is 0 Å². The van der Waals surface area contributed by atoms with Crippen molar-refractivity contribution in [2.45, 2.75) is 25.7 Å². The Hall–Kier alpha value is -3.02. The first-order valence-corrected chi connectivity index (χ1v) is 8.46. The summed E-state index contributed by atoms with van der Waals surface area (Å²) in [7, 11) is 0. The van der Waals surface area contributed by atoms with Crippen LogP contribution in [0.4, 0.5) is 5.69 Å². The molecule has 0 aliphatic carbocycles. The van der Waals surface area contributed by atoms with Crippen molar-refractivity contribution in [3.63, 3.8) is 0 Å². The Morgan fingerprint density at radius 3 is 2.84 bits per heavy atom. The van der Waals surface area contributed by atoms with E-state index in [1.54, 1.807) is 29.3 Å². The second-order valence-electron chi connectivity index (χ2n) is 6.30. The van der Waals surface area contributed by atoms with Gasteiger partial charge in [0, 0.05) is 18.4 Å². The number of hydrogen-bond acceptors (Lipinski definition) is 4. The van der Waals surface area contributed by atoms with Gasteiger partial charge >= 0.3 is 0 Å². The summed E-state index contributed by atoms with van der Waals surface area (Å²) in [6.45, 7) is 2.95. The molecule has 0 radical (unpaired) electrons. The lowest BCUT2D eigenvalue weighted by atomic mass is 9.96. The van der Waals surface area contributed by atoms with Gasteiger partial charge in [-0.25, -0.2) is 14.6 Å². The molecule has 4 rings (SSSR count). The molecule has 126 valence electrons. The lowest BCUT2D eigenvalue weighted by Gasteiger charge is -2.23. The lowest BCUT2D eigenvalue weighted by molar-refractivity contribution is 0.0986. The average molecular weight is 333 g/mol. The summed E-state index contributed by atoms with van der Waals surface area (Å²) >= 11 is 0. The van der Waals surface area contributed by atoms with Crippen molar-refractivity contribution in [3.05, 3.63) is 66.4 Å². The van der Waals surface area contributed by atoms with Gasteiger partial charge < -0.3 is 4.90 Å². The number of fused-ring (bicyclic) bond motifs is 1. The van der Waals surface area contributed by atoms with Crippen LogP contribution < -0.4 is 4.90 Å². The van der Waals surface area contributed by atoms with E-state index in [-0.39, 0.29) is 5.91 Å². The molecule has 0 spiro atoms. The van der Waals surface area contributed by atoms with Gasteiger partial charge in [0.1, 0.15) is 12.7 Å². The molecule has 0 fully saturated rings. The van der Waals surface area contributed by atoms with Gasteiger partial charge in [0.25, 0.3) is 5.91 Å². The zero-order chi connectivity index (χ0) is 17.2. The van der Waals surface area contributed by atoms with E-state index in [0.29, 0.717) is 17.3 Å². The topological polar surface area (TPSA) is 63.9 Å². The zero-order valence-electron chi connectivity index (χ0n) is 14.0. The number of amides is 1. The van der Waals surface area contributed by atoms with E-state index in [0.717, 1.165) is 25.1 Å². The van der Waals surface area contributed by atoms with Crippen LogP contribution in [0.3, 0.4) is 0 Å². The predicted molar refractivity (Wildman–Crippen MR) is 94.9 cm³/mol. The van der Waals surface area contributed by atoms with Crippen LogP contribution in [0.1, 0.15) is 41.6 Å². The number of benzene rings is 1. The van der Waals surface area contributed by atoms with Crippen molar-refractivity contribution in [1.29, 1.82) is 0 Å². The second kappa shape index (κ2) is 6.47. The molecule has 6 nitrogen and oxygen atoms in total. The van der Waals surface area contributed by atoms with Gasteiger partial charge in [-0.2, -0.15) is 5.10 Å². The Bertz CT molecular complexity index is 873. The number of pyridine rings is 1. The Kier molecular flexibility index (Phi) is 4.01. The van der Waals surface area contributed by atoms with E-state index < -0.39 is 0 Å². The first-order valence-electron chi connectivity index (χ1n) is 8.46. The third-order valence-electron chi connectivity index (χ3n) is 4.67. The van der Waals surface area contributed by atoms with Crippen LogP contribution >= 0.6 is 0 Å². The number of anilines is 1. The van der Waals surface area contributed by atoms with Crippen LogP contribution in [0.5, 0.6) is 0 Å². The van der Waals surface area contributed by atoms with E-state index in [9.17, 15) is 4.79 Å². The molecule has 1 atom stereocenters. The highest BCUT2D eigenvalue weighted by molar-refractivity contribution is 6.06. The predicted octanol–water partition coefficient (Wildman–Crippen LogP) is 3.21. The highest BCUT2D eigenvalue weighted by atomic mass is 16.2. The molecule has 1 aliphatic heterocycles. The fourth-order valence-electron chi connectivity index (χ4n) is 3.32. The lowest BCUT2D eigenvalue weighted by Crippen LogP contribution is -2.31. The smallest absolute Gasteiger partial charge is 0.259 e. The van der Waals surface area contributed by atoms with Crippen LogP contribution in [-0.2, 0) is 0 Å². The number of para-hydroxylation sites is 1. The summed E-state index contributed by atoms with van der Waals surface area (Å²) in [5, 5.41) is 4.05. The van der Waals surface area contributed by atoms with Crippen molar-refractivity contribution in [3.8, 4) is 5.82 Å². The fourth-order valence-corrected chi connectivity index (χ4v) is 3.32. The van der Waals surface area contributed by atoms with E-state index >= 15 is 0 Å². The molecule has 3 aromatic rings. The second-order valence-corrected chi connectivity index (χ2v) is 6.30. The quantitative estimate of drug-likeness (QED) is 0.722. The molecule has 3 heterocycles. The Morgan fingerprint density at radius 1 is 1.20 bits per heavy atom. The van der Waals surface area contributed by atoms with Crippen molar-refractivity contribution in [1.82, 2.24) is 19.7 Å². The number of carbonyl (C=O) groups excluding carboxylic acids is 1. The SMILES string of the molecule is C[C@H]1CCCN(C(=O)c2ccc(-n3cncn3)nc2)c2ccccc21. The van der Waals surface area contributed by atoms with Crippen LogP contribution in [-0.4, -0.2) is 32.2 Å². The average Bonchev–Trinajstić information content (AvgIpc) is 3.14.